The third-order valence-corrected chi connectivity index (χ3v) is 6.18. The molecular weight excluding hydrogens is 522 g/mol. The number of thioether (sulfide) groups is 1. The predicted molar refractivity (Wildman–Crippen MR) is 140 cm³/mol. The summed E-state index contributed by atoms with van der Waals surface area (Å²) in [4.78, 5) is 30.3. The predicted octanol–water partition coefficient (Wildman–Crippen LogP) is 4.26. The third kappa shape index (κ3) is 5.78. The van der Waals surface area contributed by atoms with Crippen molar-refractivity contribution in [3.8, 4) is 5.69 Å². The quantitative estimate of drug-likeness (QED) is 0.151. The van der Waals surface area contributed by atoms with Crippen LogP contribution in [0.5, 0.6) is 0 Å². The van der Waals surface area contributed by atoms with E-state index in [1.807, 2.05) is 60.7 Å². The number of para-hydroxylation sites is 2. The number of carbonyl (C=O) groups excluding carboxylic acids is 1. The summed E-state index contributed by atoms with van der Waals surface area (Å²) in [7, 11) is 0. The Hall–Kier alpha value is -3.21. The first-order valence-electron chi connectivity index (χ1n) is 9.83. The van der Waals surface area contributed by atoms with Crippen molar-refractivity contribution in [1.82, 2.24) is 20.4 Å². The molecule has 1 aromatic heterocycles. The number of benzene rings is 3. The second kappa shape index (κ2) is 10.6. The molecule has 0 bridgehead atoms. The molecule has 0 aliphatic heterocycles. The molecule has 0 saturated carbocycles. The van der Waals surface area contributed by atoms with Gasteiger partial charge in [0.15, 0.2) is 10.3 Å². The zero-order valence-electron chi connectivity index (χ0n) is 17.1. The highest BCUT2D eigenvalue weighted by molar-refractivity contribution is 9.10. The van der Waals surface area contributed by atoms with Crippen molar-refractivity contribution in [3.63, 3.8) is 0 Å². The first-order valence-corrected chi connectivity index (χ1v) is 12.0. The highest BCUT2D eigenvalue weighted by atomic mass is 79.9. The maximum absolute atomic E-state index is 13.2. The fraction of sp³-hybridized carbons (Fsp3) is 0.0435. The Balaban J connectivity index is 1.49. The molecule has 10 heteroatoms. The molecule has 4 rings (SSSR count). The van der Waals surface area contributed by atoms with E-state index in [0.29, 0.717) is 21.7 Å². The first kappa shape index (κ1) is 23.0. The lowest BCUT2D eigenvalue weighted by atomic mass is 10.2. The molecule has 4 aromatic rings. The van der Waals surface area contributed by atoms with E-state index in [-0.39, 0.29) is 22.3 Å². The summed E-state index contributed by atoms with van der Waals surface area (Å²) in [6.07, 6.45) is 0. The van der Waals surface area contributed by atoms with Gasteiger partial charge in [0.05, 0.1) is 22.3 Å². The SMILES string of the molecule is O=C(CSc1nc2ccccc2c(=O)n1-c1ccc(Br)cc1)NNC(=S)Nc1ccccc1. The molecule has 0 aliphatic rings. The van der Waals surface area contributed by atoms with Gasteiger partial charge < -0.3 is 5.32 Å². The van der Waals surface area contributed by atoms with E-state index in [2.05, 4.69) is 37.1 Å². The molecule has 0 unspecified atom stereocenters. The molecule has 33 heavy (non-hydrogen) atoms. The molecule has 3 aromatic carbocycles. The maximum Gasteiger partial charge on any atom is 0.266 e. The molecule has 1 heterocycles. The van der Waals surface area contributed by atoms with Crippen molar-refractivity contribution in [2.45, 2.75) is 5.16 Å². The van der Waals surface area contributed by atoms with Crippen LogP contribution in [0.2, 0.25) is 0 Å². The minimum absolute atomic E-state index is 0.0300. The summed E-state index contributed by atoms with van der Waals surface area (Å²) in [6.45, 7) is 0. The van der Waals surface area contributed by atoms with E-state index >= 15 is 0 Å². The van der Waals surface area contributed by atoms with Crippen LogP contribution in [-0.4, -0.2) is 26.3 Å². The van der Waals surface area contributed by atoms with Crippen LogP contribution in [0.1, 0.15) is 0 Å². The average Bonchev–Trinajstić information content (AvgIpc) is 2.83. The first-order chi connectivity index (χ1) is 16.0. The van der Waals surface area contributed by atoms with Gasteiger partial charge in [-0.05, 0) is 60.7 Å². The van der Waals surface area contributed by atoms with Crippen LogP contribution in [0.25, 0.3) is 16.6 Å². The Labute approximate surface area is 207 Å². The number of hydrogen-bond donors (Lipinski definition) is 3. The van der Waals surface area contributed by atoms with E-state index < -0.39 is 0 Å². The number of amides is 1. The van der Waals surface area contributed by atoms with Gasteiger partial charge in [-0.3, -0.25) is 25.0 Å². The van der Waals surface area contributed by atoms with Crippen molar-refractivity contribution in [3.05, 3.63) is 93.7 Å². The number of aromatic nitrogens is 2. The second-order valence-corrected chi connectivity index (χ2v) is 9.08. The molecule has 0 spiro atoms. The Morgan fingerprint density at radius 2 is 1.67 bits per heavy atom. The largest absolute Gasteiger partial charge is 0.331 e. The molecule has 0 saturated heterocycles. The Bertz CT molecular complexity index is 1360. The number of hydrazine groups is 1. The zero-order chi connectivity index (χ0) is 23.2. The van der Waals surface area contributed by atoms with Gasteiger partial charge in [0, 0.05) is 10.2 Å². The monoisotopic (exact) mass is 539 g/mol. The van der Waals surface area contributed by atoms with E-state index in [4.69, 9.17) is 12.2 Å². The minimum Gasteiger partial charge on any atom is -0.331 e. The van der Waals surface area contributed by atoms with E-state index in [1.165, 1.54) is 4.57 Å². The Morgan fingerprint density at radius 3 is 2.42 bits per heavy atom. The average molecular weight is 540 g/mol. The molecule has 3 N–H and O–H groups in total. The lowest BCUT2D eigenvalue weighted by Crippen LogP contribution is -2.44. The van der Waals surface area contributed by atoms with E-state index in [1.54, 1.807) is 18.2 Å². The number of rotatable bonds is 5. The number of nitrogens with zero attached hydrogens (tertiary/aromatic N) is 2. The fourth-order valence-electron chi connectivity index (χ4n) is 3.00. The van der Waals surface area contributed by atoms with E-state index in [0.717, 1.165) is 21.9 Å². The van der Waals surface area contributed by atoms with Crippen LogP contribution < -0.4 is 21.7 Å². The standard InChI is InChI=1S/C23H18BrN5O2S2/c24-15-10-12-17(13-11-15)29-21(31)18-8-4-5-9-19(18)26-23(29)33-14-20(30)27-28-22(32)25-16-6-2-1-3-7-16/h1-13H,14H2,(H,27,30)(H2,25,28,32). The van der Waals surface area contributed by atoms with Gasteiger partial charge in [-0.1, -0.05) is 58.0 Å². The van der Waals surface area contributed by atoms with Crippen molar-refractivity contribution in [1.29, 1.82) is 0 Å². The van der Waals surface area contributed by atoms with E-state index in [9.17, 15) is 9.59 Å². The molecular formula is C23H18BrN5O2S2. The number of nitrogens with one attached hydrogen (secondary N) is 3. The Kier molecular flexibility index (Phi) is 7.38. The molecule has 0 atom stereocenters. The van der Waals surface area contributed by atoms with Crippen LogP contribution in [0.3, 0.4) is 0 Å². The van der Waals surface area contributed by atoms with Crippen LogP contribution in [0, 0.1) is 0 Å². The number of hydrogen-bond acceptors (Lipinski definition) is 5. The lowest BCUT2D eigenvalue weighted by molar-refractivity contribution is -0.119. The number of fused-ring (bicyclic) bond motifs is 1. The van der Waals surface area contributed by atoms with Crippen molar-refractivity contribution >= 4 is 67.5 Å². The Morgan fingerprint density at radius 1 is 0.970 bits per heavy atom. The van der Waals surface area contributed by atoms with Crippen LogP contribution in [0.4, 0.5) is 5.69 Å². The molecule has 7 nitrogen and oxygen atoms in total. The second-order valence-electron chi connectivity index (χ2n) is 6.81. The summed E-state index contributed by atoms with van der Waals surface area (Å²) in [5.41, 5.74) is 7.07. The highest BCUT2D eigenvalue weighted by Crippen LogP contribution is 2.22. The third-order valence-electron chi connectivity index (χ3n) is 4.51. The number of halogens is 1. The summed E-state index contributed by atoms with van der Waals surface area (Å²) in [6, 6.07) is 23.9. The molecule has 1 amide bonds. The van der Waals surface area contributed by atoms with Crippen LogP contribution in [-0.2, 0) is 4.79 Å². The van der Waals surface area contributed by atoms with Gasteiger partial charge in [-0.15, -0.1) is 0 Å². The van der Waals surface area contributed by atoms with Crippen molar-refractivity contribution in [2.75, 3.05) is 11.1 Å². The van der Waals surface area contributed by atoms with Gasteiger partial charge in [0.2, 0.25) is 5.91 Å². The summed E-state index contributed by atoms with van der Waals surface area (Å²) < 4.78 is 2.41. The lowest BCUT2D eigenvalue weighted by Gasteiger charge is -2.14. The van der Waals surface area contributed by atoms with Gasteiger partial charge in [-0.25, -0.2) is 4.98 Å². The minimum atomic E-state index is -0.318. The van der Waals surface area contributed by atoms with Crippen molar-refractivity contribution in [2.24, 2.45) is 0 Å². The zero-order valence-corrected chi connectivity index (χ0v) is 20.3. The molecule has 0 aliphatic carbocycles. The van der Waals surface area contributed by atoms with Gasteiger partial charge >= 0.3 is 0 Å². The number of anilines is 1. The highest BCUT2D eigenvalue weighted by Gasteiger charge is 2.15. The fourth-order valence-corrected chi connectivity index (χ4v) is 4.25. The smallest absolute Gasteiger partial charge is 0.266 e. The molecule has 166 valence electrons. The topological polar surface area (TPSA) is 88.0 Å². The maximum atomic E-state index is 13.2. The van der Waals surface area contributed by atoms with Crippen LogP contribution >= 0.6 is 39.9 Å². The summed E-state index contributed by atoms with van der Waals surface area (Å²) >= 11 is 9.77. The van der Waals surface area contributed by atoms with Crippen LogP contribution in [0.15, 0.2) is 93.3 Å². The van der Waals surface area contributed by atoms with Gasteiger partial charge in [0.25, 0.3) is 5.56 Å². The molecule has 0 fully saturated rings. The van der Waals surface area contributed by atoms with Crippen molar-refractivity contribution < 1.29 is 4.79 Å². The van der Waals surface area contributed by atoms with Gasteiger partial charge in [0.1, 0.15) is 0 Å². The molecule has 0 radical (unpaired) electrons. The summed E-state index contributed by atoms with van der Waals surface area (Å²) in [5, 5.41) is 4.16. The summed E-state index contributed by atoms with van der Waals surface area (Å²) in [5.74, 6) is -0.288. The number of thiocarbonyl (C=S) groups is 1. The number of carbonyl (C=O) groups is 1. The van der Waals surface area contributed by atoms with Gasteiger partial charge in [-0.2, -0.15) is 0 Å². The normalized spacial score (nSPS) is 10.6.